The van der Waals surface area contributed by atoms with Crippen molar-refractivity contribution in [3.8, 4) is 5.88 Å². The maximum Gasteiger partial charge on any atom is 0.232 e. The number of aromatic amines is 1. The summed E-state index contributed by atoms with van der Waals surface area (Å²) in [6.45, 7) is 2.42. The van der Waals surface area contributed by atoms with Crippen LogP contribution in [0.3, 0.4) is 0 Å². The number of aliphatic hydroxyl groups is 1. The molecule has 2 atom stereocenters. The van der Waals surface area contributed by atoms with E-state index in [4.69, 9.17) is 16.3 Å². The molecule has 4 rings (SSSR count). The van der Waals surface area contributed by atoms with Crippen LogP contribution in [-0.2, 0) is 0 Å². The summed E-state index contributed by atoms with van der Waals surface area (Å²) in [5.74, 6) is 0.894. The van der Waals surface area contributed by atoms with Crippen LogP contribution in [-0.4, -0.2) is 42.5 Å². The summed E-state index contributed by atoms with van der Waals surface area (Å²) in [6.07, 6.45) is 5.46. The number of anilines is 2. The molecule has 1 aliphatic carbocycles. The smallest absolute Gasteiger partial charge is 0.232 e. The Bertz CT molecular complexity index is 892. The lowest BCUT2D eigenvalue weighted by Gasteiger charge is -2.12. The molecule has 1 saturated carbocycles. The number of nitrogens with zero attached hydrogens (tertiary/aromatic N) is 4. The van der Waals surface area contributed by atoms with Crippen molar-refractivity contribution in [3.05, 3.63) is 23.6 Å². The SMILES string of the molecule is CCOc1nc(Nc2cnn([C@H]3CC[C@H](O)C3)c2Cl)nc2[nH]ccc12. The van der Waals surface area contributed by atoms with Gasteiger partial charge in [0.15, 0.2) is 5.15 Å². The number of hydrogen-bond donors (Lipinski definition) is 3. The van der Waals surface area contributed by atoms with Crippen molar-refractivity contribution in [2.45, 2.75) is 38.3 Å². The lowest BCUT2D eigenvalue weighted by atomic mass is 10.2. The second kappa shape index (κ2) is 6.53. The predicted molar refractivity (Wildman–Crippen MR) is 94.5 cm³/mol. The standard InChI is InChI=1S/C16H19ClN6O2/c1-2-25-15-11-5-6-18-14(11)21-16(22-15)20-12-8-19-23(13(12)17)9-3-4-10(24)7-9/h5-6,8-10,24H,2-4,7H2,1H3,(H2,18,20,21,22)/t9-,10-/m0/s1. The Labute approximate surface area is 149 Å². The number of nitrogens with one attached hydrogen (secondary N) is 2. The van der Waals surface area contributed by atoms with Gasteiger partial charge in [-0.1, -0.05) is 11.6 Å². The molecule has 25 heavy (non-hydrogen) atoms. The van der Waals surface area contributed by atoms with E-state index in [-0.39, 0.29) is 12.1 Å². The van der Waals surface area contributed by atoms with Gasteiger partial charge in [0.05, 0.1) is 36.0 Å². The van der Waals surface area contributed by atoms with Gasteiger partial charge in [-0.15, -0.1) is 0 Å². The zero-order valence-electron chi connectivity index (χ0n) is 13.7. The fourth-order valence-electron chi connectivity index (χ4n) is 3.18. The average Bonchev–Trinajstić information content (AvgIpc) is 3.29. The van der Waals surface area contributed by atoms with Crippen LogP contribution in [0.4, 0.5) is 11.6 Å². The third-order valence-electron chi connectivity index (χ3n) is 4.37. The van der Waals surface area contributed by atoms with Crippen LogP contribution in [0, 0.1) is 0 Å². The van der Waals surface area contributed by atoms with Crippen molar-refractivity contribution in [2.75, 3.05) is 11.9 Å². The molecular weight excluding hydrogens is 344 g/mol. The summed E-state index contributed by atoms with van der Waals surface area (Å²) in [5.41, 5.74) is 1.31. The second-order valence-electron chi connectivity index (χ2n) is 6.06. The molecule has 0 aliphatic heterocycles. The molecule has 132 valence electrons. The van der Waals surface area contributed by atoms with Gasteiger partial charge in [0.2, 0.25) is 11.8 Å². The highest BCUT2D eigenvalue weighted by atomic mass is 35.5. The third-order valence-corrected chi connectivity index (χ3v) is 4.74. The summed E-state index contributed by atoms with van der Waals surface area (Å²) >= 11 is 6.46. The molecule has 0 bridgehead atoms. The number of halogens is 1. The molecule has 0 amide bonds. The normalized spacial score (nSPS) is 20.3. The van der Waals surface area contributed by atoms with Gasteiger partial charge in [-0.05, 0) is 32.3 Å². The zero-order chi connectivity index (χ0) is 17.4. The van der Waals surface area contributed by atoms with Crippen molar-refractivity contribution >= 4 is 34.3 Å². The van der Waals surface area contributed by atoms with Crippen LogP contribution in [0.5, 0.6) is 5.88 Å². The molecule has 9 heteroatoms. The first-order valence-corrected chi connectivity index (χ1v) is 8.69. The minimum atomic E-state index is -0.283. The van der Waals surface area contributed by atoms with Crippen molar-refractivity contribution < 1.29 is 9.84 Å². The van der Waals surface area contributed by atoms with Gasteiger partial charge in [-0.3, -0.25) is 0 Å². The maximum absolute atomic E-state index is 9.72. The van der Waals surface area contributed by atoms with E-state index in [0.29, 0.717) is 41.3 Å². The van der Waals surface area contributed by atoms with Gasteiger partial charge in [0.1, 0.15) is 5.65 Å². The van der Waals surface area contributed by atoms with Gasteiger partial charge in [0.25, 0.3) is 0 Å². The van der Waals surface area contributed by atoms with Crippen LogP contribution in [0.25, 0.3) is 11.0 Å². The highest BCUT2D eigenvalue weighted by Crippen LogP contribution is 2.35. The van der Waals surface area contributed by atoms with E-state index in [2.05, 4.69) is 25.4 Å². The van der Waals surface area contributed by atoms with Gasteiger partial charge in [-0.2, -0.15) is 15.1 Å². The molecule has 0 spiro atoms. The van der Waals surface area contributed by atoms with Gasteiger partial charge in [0, 0.05) is 6.20 Å². The summed E-state index contributed by atoms with van der Waals surface area (Å²) in [4.78, 5) is 11.9. The first-order chi connectivity index (χ1) is 12.2. The van der Waals surface area contributed by atoms with Gasteiger partial charge in [-0.25, -0.2) is 4.68 Å². The maximum atomic E-state index is 9.72. The van der Waals surface area contributed by atoms with E-state index in [9.17, 15) is 5.11 Å². The summed E-state index contributed by atoms with van der Waals surface area (Å²) < 4.78 is 7.34. The molecule has 3 aromatic heterocycles. The number of aliphatic hydroxyl groups excluding tert-OH is 1. The van der Waals surface area contributed by atoms with E-state index in [0.717, 1.165) is 18.2 Å². The Morgan fingerprint density at radius 3 is 3.08 bits per heavy atom. The van der Waals surface area contributed by atoms with E-state index < -0.39 is 0 Å². The zero-order valence-corrected chi connectivity index (χ0v) is 14.5. The highest BCUT2D eigenvalue weighted by Gasteiger charge is 2.27. The quantitative estimate of drug-likeness (QED) is 0.645. The number of H-pyrrole nitrogens is 1. The highest BCUT2D eigenvalue weighted by molar-refractivity contribution is 6.32. The van der Waals surface area contributed by atoms with Crippen molar-refractivity contribution in [1.29, 1.82) is 0 Å². The van der Waals surface area contributed by atoms with Crippen molar-refractivity contribution in [1.82, 2.24) is 24.7 Å². The Morgan fingerprint density at radius 1 is 1.44 bits per heavy atom. The Balaban J connectivity index is 1.62. The van der Waals surface area contributed by atoms with Crippen molar-refractivity contribution in [3.63, 3.8) is 0 Å². The van der Waals surface area contributed by atoms with E-state index in [1.165, 1.54) is 0 Å². The fourth-order valence-corrected chi connectivity index (χ4v) is 3.46. The van der Waals surface area contributed by atoms with E-state index in [1.54, 1.807) is 17.1 Å². The number of ether oxygens (including phenoxy) is 1. The Morgan fingerprint density at radius 2 is 2.32 bits per heavy atom. The summed E-state index contributed by atoms with van der Waals surface area (Å²) in [5, 5.41) is 18.5. The number of fused-ring (bicyclic) bond motifs is 1. The van der Waals surface area contributed by atoms with Gasteiger partial charge < -0.3 is 20.1 Å². The molecular formula is C16H19ClN6O2. The number of hydrogen-bond acceptors (Lipinski definition) is 6. The minimum Gasteiger partial charge on any atom is -0.477 e. The third kappa shape index (κ3) is 3.03. The molecule has 3 N–H and O–H groups in total. The Hall–Kier alpha value is -2.32. The fraction of sp³-hybridized carbons (Fsp3) is 0.438. The van der Waals surface area contributed by atoms with Crippen molar-refractivity contribution in [2.24, 2.45) is 0 Å². The predicted octanol–water partition coefficient (Wildman–Crippen LogP) is 3.04. The van der Waals surface area contributed by atoms with Crippen LogP contribution in [0.2, 0.25) is 5.15 Å². The Kier molecular flexibility index (Phi) is 4.22. The molecule has 0 aromatic carbocycles. The molecule has 0 unspecified atom stereocenters. The molecule has 0 saturated heterocycles. The molecule has 1 fully saturated rings. The van der Waals surface area contributed by atoms with E-state index in [1.807, 2.05) is 13.0 Å². The number of aromatic nitrogens is 5. The topological polar surface area (TPSA) is 101 Å². The number of rotatable bonds is 5. The average molecular weight is 363 g/mol. The van der Waals surface area contributed by atoms with E-state index >= 15 is 0 Å². The van der Waals surface area contributed by atoms with Crippen LogP contribution < -0.4 is 10.1 Å². The monoisotopic (exact) mass is 362 g/mol. The van der Waals surface area contributed by atoms with Crippen LogP contribution in [0.15, 0.2) is 18.5 Å². The van der Waals surface area contributed by atoms with Crippen LogP contribution in [0.1, 0.15) is 32.2 Å². The largest absolute Gasteiger partial charge is 0.477 e. The molecule has 3 aromatic rings. The first-order valence-electron chi connectivity index (χ1n) is 8.31. The second-order valence-corrected chi connectivity index (χ2v) is 6.42. The molecule has 8 nitrogen and oxygen atoms in total. The summed E-state index contributed by atoms with van der Waals surface area (Å²) in [6, 6.07) is 1.99. The van der Waals surface area contributed by atoms with Crippen LogP contribution >= 0.6 is 11.6 Å². The lowest BCUT2D eigenvalue weighted by Crippen LogP contribution is -2.09. The summed E-state index contributed by atoms with van der Waals surface area (Å²) in [7, 11) is 0. The lowest BCUT2D eigenvalue weighted by molar-refractivity contribution is 0.177. The molecule has 0 radical (unpaired) electrons. The van der Waals surface area contributed by atoms with Gasteiger partial charge >= 0.3 is 0 Å². The first kappa shape index (κ1) is 16.2. The molecule has 1 aliphatic rings. The molecule has 3 heterocycles. The minimum absolute atomic E-state index is 0.115.